The third-order valence-electron chi connectivity index (χ3n) is 2.40. The molecule has 1 aromatic rings. The highest BCUT2D eigenvalue weighted by atomic mass is 79.9. The van der Waals surface area contributed by atoms with Crippen molar-refractivity contribution in [3.8, 4) is 0 Å². The molecule has 0 bridgehead atoms. The van der Waals surface area contributed by atoms with E-state index in [4.69, 9.17) is 5.11 Å². The zero-order chi connectivity index (χ0) is 13.9. The van der Waals surface area contributed by atoms with Gasteiger partial charge in [0, 0.05) is 8.95 Å². The van der Waals surface area contributed by atoms with E-state index in [1.807, 2.05) is 0 Å². The molecular formula is C12H13Br2NO3. The third-order valence-corrected chi connectivity index (χ3v) is 3.54. The molecule has 18 heavy (non-hydrogen) atoms. The minimum absolute atomic E-state index is 0.180. The van der Waals surface area contributed by atoms with Crippen molar-refractivity contribution in [3.63, 3.8) is 0 Å². The molecule has 0 saturated heterocycles. The molecule has 6 heteroatoms. The van der Waals surface area contributed by atoms with Crippen LogP contribution in [0.1, 0.15) is 24.2 Å². The van der Waals surface area contributed by atoms with E-state index in [9.17, 15) is 9.59 Å². The number of carboxylic acid groups (broad SMARTS) is 1. The van der Waals surface area contributed by atoms with Crippen molar-refractivity contribution in [2.45, 2.75) is 19.9 Å². The molecule has 0 aliphatic carbocycles. The van der Waals surface area contributed by atoms with Gasteiger partial charge in [0.25, 0.3) is 5.91 Å². The maximum Gasteiger partial charge on any atom is 0.326 e. The molecular weight excluding hydrogens is 366 g/mol. The minimum atomic E-state index is -1.04. The lowest BCUT2D eigenvalue weighted by molar-refractivity contribution is -0.140. The Morgan fingerprint density at radius 3 is 2.33 bits per heavy atom. The first kappa shape index (κ1) is 15.2. The minimum Gasteiger partial charge on any atom is -0.480 e. The van der Waals surface area contributed by atoms with E-state index in [1.165, 1.54) is 0 Å². The molecule has 98 valence electrons. The number of aliphatic carboxylic acids is 1. The van der Waals surface area contributed by atoms with Gasteiger partial charge in [-0.05, 0) is 40.0 Å². The van der Waals surface area contributed by atoms with Crippen LogP contribution >= 0.6 is 31.9 Å². The Hall–Kier alpha value is -0.880. The number of rotatable bonds is 4. The third kappa shape index (κ3) is 3.81. The highest BCUT2D eigenvalue weighted by Crippen LogP contribution is 2.22. The summed E-state index contributed by atoms with van der Waals surface area (Å²) in [6.45, 7) is 3.49. The number of benzene rings is 1. The molecule has 4 nitrogen and oxygen atoms in total. The molecule has 0 aliphatic rings. The number of halogens is 2. The van der Waals surface area contributed by atoms with E-state index >= 15 is 0 Å². The van der Waals surface area contributed by atoms with Crippen LogP contribution in [0.15, 0.2) is 27.1 Å². The van der Waals surface area contributed by atoms with Crippen LogP contribution in [0.5, 0.6) is 0 Å². The Bertz CT molecular complexity index is 474. The fourth-order valence-electron chi connectivity index (χ4n) is 1.41. The Kier molecular flexibility index (Phi) is 5.34. The summed E-state index contributed by atoms with van der Waals surface area (Å²) in [4.78, 5) is 23.0. The molecule has 0 fully saturated rings. The molecule has 0 heterocycles. The van der Waals surface area contributed by atoms with Crippen molar-refractivity contribution in [3.05, 3.63) is 32.7 Å². The van der Waals surface area contributed by atoms with Crippen LogP contribution in [0, 0.1) is 5.92 Å². The maximum absolute atomic E-state index is 12.0. The molecule has 1 atom stereocenters. The van der Waals surface area contributed by atoms with E-state index in [0.717, 1.165) is 4.47 Å². The van der Waals surface area contributed by atoms with Gasteiger partial charge in [0.15, 0.2) is 0 Å². The average Bonchev–Trinajstić information content (AvgIpc) is 2.24. The second-order valence-electron chi connectivity index (χ2n) is 4.16. The van der Waals surface area contributed by atoms with Gasteiger partial charge in [0.2, 0.25) is 0 Å². The Balaban J connectivity index is 2.91. The number of nitrogens with one attached hydrogen (secondary N) is 1. The highest BCUT2D eigenvalue weighted by molar-refractivity contribution is 9.11. The van der Waals surface area contributed by atoms with Gasteiger partial charge >= 0.3 is 5.97 Å². The molecule has 1 rings (SSSR count). The van der Waals surface area contributed by atoms with Crippen molar-refractivity contribution in [1.29, 1.82) is 0 Å². The lowest BCUT2D eigenvalue weighted by Crippen LogP contribution is -2.44. The normalized spacial score (nSPS) is 12.3. The van der Waals surface area contributed by atoms with Gasteiger partial charge in [-0.2, -0.15) is 0 Å². The summed E-state index contributed by atoms with van der Waals surface area (Å²) in [6, 6.07) is 4.20. The van der Waals surface area contributed by atoms with Crippen LogP contribution in [-0.2, 0) is 4.79 Å². The summed E-state index contributed by atoms with van der Waals surface area (Å²) in [5, 5.41) is 11.5. The van der Waals surface area contributed by atoms with Gasteiger partial charge in [0.1, 0.15) is 6.04 Å². The zero-order valence-electron chi connectivity index (χ0n) is 9.91. The second-order valence-corrected chi connectivity index (χ2v) is 5.93. The summed E-state index contributed by atoms with van der Waals surface area (Å²) < 4.78 is 1.45. The number of carbonyl (C=O) groups is 2. The van der Waals surface area contributed by atoms with Crippen LogP contribution in [0.3, 0.4) is 0 Å². The maximum atomic E-state index is 12.0. The number of carbonyl (C=O) groups excluding carboxylic acids is 1. The van der Waals surface area contributed by atoms with Crippen LogP contribution in [0.2, 0.25) is 0 Å². The molecule has 0 unspecified atom stereocenters. The Labute approximate surface area is 122 Å². The van der Waals surface area contributed by atoms with Crippen molar-refractivity contribution >= 4 is 43.7 Å². The lowest BCUT2D eigenvalue weighted by Gasteiger charge is -2.18. The fourth-order valence-corrected chi connectivity index (χ4v) is 2.63. The van der Waals surface area contributed by atoms with Gasteiger partial charge in [-0.15, -0.1) is 0 Å². The van der Waals surface area contributed by atoms with Crippen LogP contribution in [0.25, 0.3) is 0 Å². The molecule has 2 N–H and O–H groups in total. The molecule has 0 saturated carbocycles. The summed E-state index contributed by atoms with van der Waals surface area (Å²) in [5.41, 5.74) is 0.408. The summed E-state index contributed by atoms with van der Waals surface area (Å²) >= 11 is 6.56. The average molecular weight is 379 g/mol. The first-order chi connectivity index (χ1) is 8.32. The quantitative estimate of drug-likeness (QED) is 0.846. The van der Waals surface area contributed by atoms with Gasteiger partial charge in [-0.1, -0.05) is 29.8 Å². The number of carboxylic acids is 1. The topological polar surface area (TPSA) is 66.4 Å². The molecule has 0 spiro atoms. The van der Waals surface area contributed by atoms with Gasteiger partial charge < -0.3 is 10.4 Å². The van der Waals surface area contributed by atoms with Crippen molar-refractivity contribution in [1.82, 2.24) is 5.32 Å². The Morgan fingerprint density at radius 2 is 1.89 bits per heavy atom. The van der Waals surface area contributed by atoms with Gasteiger partial charge in [-0.25, -0.2) is 4.79 Å². The molecule has 1 aromatic carbocycles. The first-order valence-electron chi connectivity index (χ1n) is 5.31. The zero-order valence-corrected chi connectivity index (χ0v) is 13.1. The smallest absolute Gasteiger partial charge is 0.326 e. The van der Waals surface area contributed by atoms with Gasteiger partial charge in [0.05, 0.1) is 5.56 Å². The standard InChI is InChI=1S/C12H13Br2NO3/c1-6(2)10(12(17)18)15-11(16)8-4-3-7(13)5-9(8)14/h3-6,10H,1-2H3,(H,15,16)(H,17,18)/t10-/m1/s1. The van der Waals surface area contributed by atoms with Gasteiger partial charge in [-0.3, -0.25) is 4.79 Å². The van der Waals surface area contributed by atoms with Crippen molar-refractivity contribution in [2.75, 3.05) is 0 Å². The molecule has 0 aliphatic heterocycles. The van der Waals surface area contributed by atoms with Crippen LogP contribution < -0.4 is 5.32 Å². The Morgan fingerprint density at radius 1 is 1.28 bits per heavy atom. The molecule has 1 amide bonds. The highest BCUT2D eigenvalue weighted by Gasteiger charge is 2.24. The van der Waals surface area contributed by atoms with E-state index in [-0.39, 0.29) is 5.92 Å². The lowest BCUT2D eigenvalue weighted by atomic mass is 10.0. The SMILES string of the molecule is CC(C)[C@@H](NC(=O)c1ccc(Br)cc1Br)C(=O)O. The van der Waals surface area contributed by atoms with E-state index < -0.39 is 17.9 Å². The van der Waals surface area contributed by atoms with E-state index in [1.54, 1.807) is 32.0 Å². The molecule has 0 aromatic heterocycles. The number of hydrogen-bond acceptors (Lipinski definition) is 2. The summed E-state index contributed by atoms with van der Waals surface area (Å²) in [5.74, 6) is -1.62. The van der Waals surface area contributed by atoms with E-state index in [2.05, 4.69) is 37.2 Å². The summed E-state index contributed by atoms with van der Waals surface area (Å²) in [6.07, 6.45) is 0. The van der Waals surface area contributed by atoms with Crippen LogP contribution in [-0.4, -0.2) is 23.0 Å². The number of amides is 1. The largest absolute Gasteiger partial charge is 0.480 e. The van der Waals surface area contributed by atoms with Crippen molar-refractivity contribution < 1.29 is 14.7 Å². The monoisotopic (exact) mass is 377 g/mol. The predicted molar refractivity (Wildman–Crippen MR) is 75.6 cm³/mol. The number of hydrogen-bond donors (Lipinski definition) is 2. The summed E-state index contributed by atoms with van der Waals surface area (Å²) in [7, 11) is 0. The predicted octanol–water partition coefficient (Wildman–Crippen LogP) is 3.05. The van der Waals surface area contributed by atoms with Crippen molar-refractivity contribution in [2.24, 2.45) is 5.92 Å². The fraction of sp³-hybridized carbons (Fsp3) is 0.333. The second kappa shape index (κ2) is 6.33. The van der Waals surface area contributed by atoms with Crippen LogP contribution in [0.4, 0.5) is 0 Å². The first-order valence-corrected chi connectivity index (χ1v) is 6.90. The molecule has 0 radical (unpaired) electrons. The van der Waals surface area contributed by atoms with E-state index in [0.29, 0.717) is 10.0 Å².